The van der Waals surface area contributed by atoms with Gasteiger partial charge >= 0.3 is 0 Å². The van der Waals surface area contributed by atoms with Crippen LogP contribution in [-0.2, 0) is 16.0 Å². The fourth-order valence-electron chi connectivity index (χ4n) is 4.34. The van der Waals surface area contributed by atoms with Crippen molar-refractivity contribution in [2.75, 3.05) is 32.9 Å². The number of aryl methyl sites for hydroxylation is 1. The number of hydrogen-bond acceptors (Lipinski definition) is 6. The Balaban J connectivity index is 1.68. The molecule has 1 aromatic heterocycles. The Morgan fingerprint density at radius 3 is 2.72 bits per heavy atom. The van der Waals surface area contributed by atoms with E-state index in [1.165, 1.54) is 6.07 Å². The van der Waals surface area contributed by atoms with E-state index < -0.39 is 17.7 Å². The monoisotopic (exact) mass is 501 g/mol. The number of nitrogens with zero attached hydrogens (tertiary/aromatic N) is 3. The van der Waals surface area contributed by atoms with Crippen molar-refractivity contribution in [2.45, 2.75) is 45.4 Å². The predicted octanol–water partition coefficient (Wildman–Crippen LogP) is 4.63. The summed E-state index contributed by atoms with van der Waals surface area (Å²) >= 11 is 0. The van der Waals surface area contributed by atoms with Crippen LogP contribution in [0.4, 0.5) is 8.78 Å². The number of ether oxygens (including phenoxy) is 3. The van der Waals surface area contributed by atoms with E-state index in [0.717, 1.165) is 42.8 Å². The van der Waals surface area contributed by atoms with Crippen LogP contribution < -0.4 is 4.74 Å². The Morgan fingerprint density at radius 2 is 2.03 bits per heavy atom. The van der Waals surface area contributed by atoms with Crippen LogP contribution in [0.5, 0.6) is 11.6 Å². The standard InChI is InChI=1S/C27H33F2N3O4/c1-3-34-18-22(33)15-31(16-23-10-7-13-35-23)17-24-19(2)30-32(21-8-5-4-6-9-21)27(24)36-26-12-11-20(28)14-25(26)29/h4-6,8-9,11-12,14,22-23,33H,3,7,10,13,15-18H2,1-2H3/t22-,23-/m1/s1. The molecule has 1 aliphatic rings. The minimum absolute atomic E-state index is 0.0627. The second-order valence-corrected chi connectivity index (χ2v) is 8.94. The zero-order valence-electron chi connectivity index (χ0n) is 20.7. The smallest absolute Gasteiger partial charge is 0.227 e. The van der Waals surface area contributed by atoms with Crippen molar-refractivity contribution in [3.8, 4) is 17.3 Å². The summed E-state index contributed by atoms with van der Waals surface area (Å²) in [6.07, 6.45) is 1.33. The third kappa shape index (κ3) is 6.67. The summed E-state index contributed by atoms with van der Waals surface area (Å²) in [4.78, 5) is 2.09. The van der Waals surface area contributed by atoms with Crippen LogP contribution >= 0.6 is 0 Å². The van der Waals surface area contributed by atoms with Gasteiger partial charge in [0, 0.05) is 38.9 Å². The Kier molecular flexibility index (Phi) is 9.03. The lowest BCUT2D eigenvalue weighted by Crippen LogP contribution is -2.39. The molecule has 2 atom stereocenters. The third-order valence-corrected chi connectivity index (χ3v) is 6.09. The van der Waals surface area contributed by atoms with Gasteiger partial charge in [-0.3, -0.25) is 4.90 Å². The first-order valence-electron chi connectivity index (χ1n) is 12.3. The summed E-state index contributed by atoms with van der Waals surface area (Å²) in [5.41, 5.74) is 2.18. The number of aliphatic hydroxyl groups is 1. The predicted molar refractivity (Wildman–Crippen MR) is 131 cm³/mol. The molecule has 1 fully saturated rings. The van der Waals surface area contributed by atoms with E-state index in [-0.39, 0.29) is 18.5 Å². The molecule has 4 rings (SSSR count). The molecule has 1 N–H and O–H groups in total. The molecule has 0 amide bonds. The Labute approximate surface area is 210 Å². The summed E-state index contributed by atoms with van der Waals surface area (Å²) < 4.78 is 47.0. The highest BCUT2D eigenvalue weighted by molar-refractivity contribution is 5.43. The zero-order chi connectivity index (χ0) is 25.5. The highest BCUT2D eigenvalue weighted by Gasteiger charge is 2.26. The maximum absolute atomic E-state index is 14.6. The van der Waals surface area contributed by atoms with E-state index in [4.69, 9.17) is 14.2 Å². The molecule has 194 valence electrons. The molecule has 0 saturated carbocycles. The van der Waals surface area contributed by atoms with Crippen LogP contribution in [-0.4, -0.2) is 64.9 Å². The van der Waals surface area contributed by atoms with Gasteiger partial charge in [0.1, 0.15) is 5.82 Å². The first kappa shape index (κ1) is 26.2. The number of hydrogen-bond donors (Lipinski definition) is 1. The molecular formula is C27H33F2N3O4. The van der Waals surface area contributed by atoms with Gasteiger partial charge < -0.3 is 19.3 Å². The first-order chi connectivity index (χ1) is 17.4. The van der Waals surface area contributed by atoms with Crippen LogP contribution in [0.2, 0.25) is 0 Å². The minimum atomic E-state index is -0.803. The van der Waals surface area contributed by atoms with Gasteiger partial charge in [-0.25, -0.2) is 13.5 Å². The molecule has 36 heavy (non-hydrogen) atoms. The largest absolute Gasteiger partial charge is 0.435 e. The van der Waals surface area contributed by atoms with Crippen LogP contribution in [0.15, 0.2) is 48.5 Å². The molecule has 0 radical (unpaired) electrons. The third-order valence-electron chi connectivity index (χ3n) is 6.09. The van der Waals surface area contributed by atoms with Gasteiger partial charge in [-0.1, -0.05) is 18.2 Å². The minimum Gasteiger partial charge on any atom is -0.435 e. The van der Waals surface area contributed by atoms with Crippen molar-refractivity contribution in [2.24, 2.45) is 0 Å². The first-order valence-corrected chi connectivity index (χ1v) is 12.3. The Morgan fingerprint density at radius 1 is 1.22 bits per heavy atom. The van der Waals surface area contributed by atoms with E-state index in [2.05, 4.69) is 10.00 Å². The van der Waals surface area contributed by atoms with Crippen molar-refractivity contribution in [3.05, 3.63) is 71.4 Å². The van der Waals surface area contributed by atoms with Gasteiger partial charge in [-0.05, 0) is 51.0 Å². The van der Waals surface area contributed by atoms with Crippen molar-refractivity contribution in [3.63, 3.8) is 0 Å². The van der Waals surface area contributed by atoms with Crippen molar-refractivity contribution in [1.82, 2.24) is 14.7 Å². The van der Waals surface area contributed by atoms with E-state index in [1.807, 2.05) is 44.2 Å². The van der Waals surface area contributed by atoms with Crippen LogP contribution in [0.1, 0.15) is 31.0 Å². The van der Waals surface area contributed by atoms with E-state index in [9.17, 15) is 13.9 Å². The summed E-state index contributed by atoms with van der Waals surface area (Å²) in [6.45, 7) is 6.59. The van der Waals surface area contributed by atoms with Gasteiger partial charge in [0.2, 0.25) is 5.88 Å². The van der Waals surface area contributed by atoms with Crippen molar-refractivity contribution < 1.29 is 28.1 Å². The molecular weight excluding hydrogens is 468 g/mol. The van der Waals surface area contributed by atoms with E-state index in [1.54, 1.807) is 4.68 Å². The second-order valence-electron chi connectivity index (χ2n) is 8.94. The molecule has 0 bridgehead atoms. The average Bonchev–Trinajstić information content (AvgIpc) is 3.48. The van der Waals surface area contributed by atoms with Crippen LogP contribution in [0.25, 0.3) is 5.69 Å². The molecule has 2 aromatic carbocycles. The molecule has 7 nitrogen and oxygen atoms in total. The van der Waals surface area contributed by atoms with Crippen molar-refractivity contribution in [1.29, 1.82) is 0 Å². The maximum atomic E-state index is 14.6. The van der Waals surface area contributed by atoms with Crippen LogP contribution in [0, 0.1) is 18.6 Å². The summed E-state index contributed by atoms with van der Waals surface area (Å²) in [5.74, 6) is -1.25. The molecule has 0 aliphatic carbocycles. The summed E-state index contributed by atoms with van der Waals surface area (Å²) in [5, 5.41) is 15.3. The van der Waals surface area contributed by atoms with Gasteiger partial charge in [0.25, 0.3) is 0 Å². The lowest BCUT2D eigenvalue weighted by atomic mass is 10.1. The lowest BCUT2D eigenvalue weighted by molar-refractivity contribution is 0.00497. The van der Waals surface area contributed by atoms with Crippen LogP contribution in [0.3, 0.4) is 0 Å². The van der Waals surface area contributed by atoms with Gasteiger partial charge in [0.15, 0.2) is 11.6 Å². The fraction of sp³-hybridized carbons (Fsp3) is 0.444. The molecule has 1 aliphatic heterocycles. The normalized spacial score (nSPS) is 16.6. The Hall–Kier alpha value is -2.85. The highest BCUT2D eigenvalue weighted by atomic mass is 19.1. The molecule has 9 heteroatoms. The summed E-state index contributed by atoms with van der Waals surface area (Å²) in [7, 11) is 0. The van der Waals surface area contributed by atoms with Crippen molar-refractivity contribution >= 4 is 0 Å². The van der Waals surface area contributed by atoms with E-state index in [0.29, 0.717) is 37.8 Å². The second kappa shape index (κ2) is 12.4. The molecule has 1 saturated heterocycles. The maximum Gasteiger partial charge on any atom is 0.227 e. The number of benzene rings is 2. The topological polar surface area (TPSA) is 69.0 Å². The number of aromatic nitrogens is 2. The molecule has 0 unspecified atom stereocenters. The average molecular weight is 502 g/mol. The number of rotatable bonds is 12. The molecule has 3 aromatic rings. The zero-order valence-corrected chi connectivity index (χ0v) is 20.7. The number of para-hydroxylation sites is 1. The highest BCUT2D eigenvalue weighted by Crippen LogP contribution is 2.33. The van der Waals surface area contributed by atoms with E-state index >= 15 is 0 Å². The van der Waals surface area contributed by atoms with Gasteiger partial charge in [-0.15, -0.1) is 0 Å². The molecule has 0 spiro atoms. The molecule has 2 heterocycles. The SMILES string of the molecule is CCOC[C@H](O)CN(Cc1c(C)nn(-c2ccccc2)c1Oc1ccc(F)cc1F)C[C@H]1CCCO1. The lowest BCUT2D eigenvalue weighted by Gasteiger charge is -2.27. The quantitative estimate of drug-likeness (QED) is 0.390. The Bertz CT molecular complexity index is 1120. The van der Waals surface area contributed by atoms with Gasteiger partial charge in [0.05, 0.1) is 35.8 Å². The number of aliphatic hydroxyl groups excluding tert-OH is 1. The fourth-order valence-corrected chi connectivity index (χ4v) is 4.34. The summed E-state index contributed by atoms with van der Waals surface area (Å²) in [6, 6.07) is 12.6. The van der Waals surface area contributed by atoms with Gasteiger partial charge in [-0.2, -0.15) is 5.10 Å². The number of halogens is 2.